The molecule has 1 aliphatic rings. The first kappa shape index (κ1) is 8.52. The van der Waals surface area contributed by atoms with E-state index < -0.39 is 0 Å². The van der Waals surface area contributed by atoms with E-state index in [1.807, 2.05) is 0 Å². The first-order valence-electron chi connectivity index (χ1n) is 3.55. The van der Waals surface area contributed by atoms with Crippen LogP contribution in [0.4, 0.5) is 0 Å². The maximum absolute atomic E-state index is 2.25. The molecular weight excluding hydrogens is 127 g/mol. The van der Waals surface area contributed by atoms with Gasteiger partial charge in [0.2, 0.25) is 0 Å². The van der Waals surface area contributed by atoms with Crippen LogP contribution in [-0.4, -0.2) is 0 Å². The monoisotopic (exact) mass is 136 g/mol. The van der Waals surface area contributed by atoms with Crippen molar-refractivity contribution in [3.63, 3.8) is 0 Å². The van der Waals surface area contributed by atoms with E-state index in [0.717, 1.165) is 6.42 Å². The average molecular weight is 136 g/mol. The SMILES string of the molecule is C1=Cc2ccccc2[CH-]C1.[Li+]. The van der Waals surface area contributed by atoms with Crippen molar-refractivity contribution in [1.82, 2.24) is 0 Å². The molecule has 0 heterocycles. The molecule has 0 radical (unpaired) electrons. The molecule has 1 aromatic rings. The second-order valence-electron chi connectivity index (χ2n) is 2.47. The van der Waals surface area contributed by atoms with Crippen molar-refractivity contribution >= 4 is 6.08 Å². The third-order valence-electron chi connectivity index (χ3n) is 1.77. The minimum atomic E-state index is 0. The number of hydrogen-bond acceptors (Lipinski definition) is 0. The van der Waals surface area contributed by atoms with E-state index in [1.165, 1.54) is 11.1 Å². The fourth-order valence-electron chi connectivity index (χ4n) is 1.24. The molecule has 0 nitrogen and oxygen atoms in total. The van der Waals surface area contributed by atoms with Gasteiger partial charge >= 0.3 is 18.9 Å². The first-order chi connectivity index (χ1) is 4.97. The Hall–Kier alpha value is -0.573. The summed E-state index contributed by atoms with van der Waals surface area (Å²) in [6, 6.07) is 8.44. The standard InChI is InChI=1S/C10H9.Li/c1-2-6-10-8-4-3-7-9(10)5-1;/h1-3,5-8H,4H2;/q-1;+1. The van der Waals surface area contributed by atoms with E-state index in [0.29, 0.717) is 0 Å². The van der Waals surface area contributed by atoms with E-state index in [9.17, 15) is 0 Å². The van der Waals surface area contributed by atoms with Crippen LogP contribution in [0.15, 0.2) is 30.3 Å². The zero-order chi connectivity index (χ0) is 6.81. The Morgan fingerprint density at radius 2 is 2.00 bits per heavy atom. The molecule has 0 atom stereocenters. The van der Waals surface area contributed by atoms with Crippen molar-refractivity contribution in [2.75, 3.05) is 0 Å². The molecule has 0 unspecified atom stereocenters. The molecule has 2 rings (SSSR count). The maximum Gasteiger partial charge on any atom is 1.00 e. The van der Waals surface area contributed by atoms with Gasteiger partial charge in [0.25, 0.3) is 0 Å². The van der Waals surface area contributed by atoms with Crippen LogP contribution in [0.1, 0.15) is 17.5 Å². The van der Waals surface area contributed by atoms with Crippen LogP contribution in [0, 0.1) is 6.42 Å². The molecule has 0 aromatic heterocycles. The largest absolute Gasteiger partial charge is 1.00 e. The van der Waals surface area contributed by atoms with E-state index >= 15 is 0 Å². The Morgan fingerprint density at radius 3 is 2.82 bits per heavy atom. The van der Waals surface area contributed by atoms with Gasteiger partial charge in [-0.1, -0.05) is 12.5 Å². The maximum atomic E-state index is 2.25. The van der Waals surface area contributed by atoms with Gasteiger partial charge in [-0.2, -0.15) is 18.1 Å². The van der Waals surface area contributed by atoms with Crippen molar-refractivity contribution in [3.8, 4) is 0 Å². The predicted molar refractivity (Wildman–Crippen MR) is 43.5 cm³/mol. The Labute approximate surface area is 79.5 Å². The molecule has 0 saturated carbocycles. The average Bonchev–Trinajstić information content (AvgIpc) is 2.05. The minimum Gasteiger partial charge on any atom is -0.185 e. The summed E-state index contributed by atoms with van der Waals surface area (Å²) in [7, 11) is 0. The van der Waals surface area contributed by atoms with Gasteiger partial charge in [0.05, 0.1) is 0 Å². The second kappa shape index (κ2) is 3.71. The van der Waals surface area contributed by atoms with Gasteiger partial charge in [-0.15, -0.1) is 29.8 Å². The van der Waals surface area contributed by atoms with Crippen LogP contribution in [0.3, 0.4) is 0 Å². The molecule has 1 aliphatic carbocycles. The molecular formula is C10H9Li. The van der Waals surface area contributed by atoms with E-state index in [2.05, 4.69) is 42.8 Å². The number of benzene rings is 1. The molecule has 0 amide bonds. The number of fused-ring (bicyclic) bond motifs is 1. The molecule has 0 fully saturated rings. The summed E-state index contributed by atoms with van der Waals surface area (Å²) in [5, 5.41) is 0. The van der Waals surface area contributed by atoms with Gasteiger partial charge in [-0.25, -0.2) is 0 Å². The zero-order valence-electron chi connectivity index (χ0n) is 6.75. The van der Waals surface area contributed by atoms with Crippen LogP contribution in [0.2, 0.25) is 0 Å². The molecule has 1 heteroatoms. The van der Waals surface area contributed by atoms with Crippen molar-refractivity contribution in [3.05, 3.63) is 47.9 Å². The Bertz CT molecular complexity index is 263. The van der Waals surface area contributed by atoms with Gasteiger partial charge in [0.1, 0.15) is 0 Å². The van der Waals surface area contributed by atoms with Crippen LogP contribution < -0.4 is 18.9 Å². The summed E-state index contributed by atoms with van der Waals surface area (Å²) in [6.07, 6.45) is 7.68. The van der Waals surface area contributed by atoms with Crippen LogP contribution in [0.5, 0.6) is 0 Å². The third kappa shape index (κ3) is 1.71. The normalized spacial score (nSPS) is 12.7. The van der Waals surface area contributed by atoms with Crippen LogP contribution in [-0.2, 0) is 0 Å². The van der Waals surface area contributed by atoms with Gasteiger partial charge in [0.15, 0.2) is 0 Å². The van der Waals surface area contributed by atoms with Crippen LogP contribution in [0.25, 0.3) is 6.08 Å². The van der Waals surface area contributed by atoms with Gasteiger partial charge < -0.3 is 0 Å². The number of allylic oxidation sites excluding steroid dienone is 1. The van der Waals surface area contributed by atoms with Gasteiger partial charge in [-0.3, -0.25) is 0 Å². The second-order valence-corrected chi connectivity index (χ2v) is 2.47. The summed E-state index contributed by atoms with van der Waals surface area (Å²) in [4.78, 5) is 0. The molecule has 0 spiro atoms. The molecule has 11 heavy (non-hydrogen) atoms. The fraction of sp³-hybridized carbons (Fsp3) is 0.100. The van der Waals surface area contributed by atoms with Crippen molar-refractivity contribution < 1.29 is 18.9 Å². The number of hydrogen-bond donors (Lipinski definition) is 0. The van der Waals surface area contributed by atoms with Gasteiger partial charge in [0, 0.05) is 0 Å². The molecule has 0 aliphatic heterocycles. The zero-order valence-corrected chi connectivity index (χ0v) is 6.75. The first-order valence-corrected chi connectivity index (χ1v) is 3.55. The van der Waals surface area contributed by atoms with Crippen molar-refractivity contribution in [1.29, 1.82) is 0 Å². The summed E-state index contributed by atoms with van der Waals surface area (Å²) >= 11 is 0. The Morgan fingerprint density at radius 1 is 1.18 bits per heavy atom. The minimum absolute atomic E-state index is 0. The molecule has 50 valence electrons. The Kier molecular flexibility index (Phi) is 2.88. The quantitative estimate of drug-likeness (QED) is 0.338. The van der Waals surface area contributed by atoms with E-state index in [-0.39, 0.29) is 18.9 Å². The van der Waals surface area contributed by atoms with Gasteiger partial charge in [-0.05, 0) is 0 Å². The molecule has 1 aromatic carbocycles. The fourth-order valence-corrected chi connectivity index (χ4v) is 1.24. The summed E-state index contributed by atoms with van der Waals surface area (Å²) in [6.45, 7) is 0. The Balaban J connectivity index is 0.000000605. The van der Waals surface area contributed by atoms with Crippen molar-refractivity contribution in [2.24, 2.45) is 0 Å². The molecule has 0 saturated heterocycles. The predicted octanol–water partition coefficient (Wildman–Crippen LogP) is -0.340. The van der Waals surface area contributed by atoms with Crippen molar-refractivity contribution in [2.45, 2.75) is 6.42 Å². The summed E-state index contributed by atoms with van der Waals surface area (Å²) in [5.41, 5.74) is 2.71. The third-order valence-corrected chi connectivity index (χ3v) is 1.77. The van der Waals surface area contributed by atoms with E-state index in [4.69, 9.17) is 0 Å². The van der Waals surface area contributed by atoms with Crippen LogP contribution >= 0.6 is 0 Å². The topological polar surface area (TPSA) is 0 Å². The summed E-state index contributed by atoms with van der Waals surface area (Å²) < 4.78 is 0. The smallest absolute Gasteiger partial charge is 0.185 e. The number of rotatable bonds is 0. The summed E-state index contributed by atoms with van der Waals surface area (Å²) in [5.74, 6) is 0. The molecule has 0 bridgehead atoms. The molecule has 0 N–H and O–H groups in total. The van der Waals surface area contributed by atoms with E-state index in [1.54, 1.807) is 0 Å².